The van der Waals surface area contributed by atoms with E-state index in [4.69, 9.17) is 16.9 Å². The summed E-state index contributed by atoms with van der Waals surface area (Å²) in [5, 5.41) is 12.5. The lowest BCUT2D eigenvalue weighted by Gasteiger charge is -2.45. The maximum atomic E-state index is 12.9. The predicted octanol–water partition coefficient (Wildman–Crippen LogP) is 3.72. The second kappa shape index (κ2) is 9.92. The molecule has 0 radical (unpaired) electrons. The van der Waals surface area contributed by atoms with E-state index in [0.717, 1.165) is 11.3 Å². The van der Waals surface area contributed by atoms with Crippen LogP contribution in [0.4, 0.5) is 10.5 Å². The van der Waals surface area contributed by atoms with Gasteiger partial charge in [0.15, 0.2) is 0 Å². The molecule has 1 N–H and O–H groups in total. The second-order valence-electron chi connectivity index (χ2n) is 8.33. The number of amides is 3. The summed E-state index contributed by atoms with van der Waals surface area (Å²) in [6.07, 6.45) is 0. The van der Waals surface area contributed by atoms with Crippen molar-refractivity contribution in [2.24, 2.45) is 0 Å². The Balaban J connectivity index is 1.60. The van der Waals surface area contributed by atoms with Gasteiger partial charge in [0.1, 0.15) is 6.07 Å². The Morgan fingerprint density at radius 3 is 2.41 bits per heavy atom. The van der Waals surface area contributed by atoms with Gasteiger partial charge in [0.05, 0.1) is 10.6 Å². The topological polar surface area (TPSA) is 79.7 Å². The Hall–Kier alpha value is -3.24. The number of hydrogen-bond donors (Lipinski definition) is 1. The Bertz CT molecular complexity index is 1030. The van der Waals surface area contributed by atoms with Crippen LogP contribution in [0.25, 0.3) is 0 Å². The third-order valence-electron chi connectivity index (χ3n) is 5.70. The number of anilines is 1. The maximum absolute atomic E-state index is 12.9. The van der Waals surface area contributed by atoms with Crippen LogP contribution in [0.1, 0.15) is 35.3 Å². The van der Waals surface area contributed by atoms with Crippen molar-refractivity contribution in [1.29, 1.82) is 5.26 Å². The van der Waals surface area contributed by atoms with Crippen LogP contribution in [-0.2, 0) is 6.54 Å². The van der Waals surface area contributed by atoms with Gasteiger partial charge in [-0.15, -0.1) is 0 Å². The molecule has 1 heterocycles. The highest BCUT2D eigenvalue weighted by Crippen LogP contribution is 2.28. The minimum atomic E-state index is -0.115. The van der Waals surface area contributed by atoms with Crippen LogP contribution in [0, 0.1) is 11.3 Å². The fourth-order valence-electron chi connectivity index (χ4n) is 3.85. The highest BCUT2D eigenvalue weighted by atomic mass is 35.5. The van der Waals surface area contributed by atoms with Crippen LogP contribution in [-0.4, -0.2) is 61.0 Å². The molecular formula is C24H28ClN5O2. The molecule has 32 heavy (non-hydrogen) atoms. The summed E-state index contributed by atoms with van der Waals surface area (Å²) in [5.41, 5.74) is 2.95. The molecule has 0 saturated carbocycles. The van der Waals surface area contributed by atoms with Gasteiger partial charge in [0, 0.05) is 57.1 Å². The molecule has 0 unspecified atom stereocenters. The summed E-state index contributed by atoms with van der Waals surface area (Å²) < 4.78 is 0. The summed E-state index contributed by atoms with van der Waals surface area (Å²) in [6, 6.07) is 14.8. The van der Waals surface area contributed by atoms with Crippen molar-refractivity contribution in [3.05, 3.63) is 64.2 Å². The number of urea groups is 1. The Morgan fingerprint density at radius 2 is 1.81 bits per heavy atom. The van der Waals surface area contributed by atoms with Crippen LogP contribution in [0.15, 0.2) is 42.5 Å². The molecule has 7 nitrogen and oxygen atoms in total. The number of carbonyl (C=O) groups is 2. The van der Waals surface area contributed by atoms with Gasteiger partial charge in [-0.05, 0) is 49.7 Å². The smallest absolute Gasteiger partial charge is 0.318 e. The standard InChI is InChI=1S/C24H28ClN5O2/c1-16-15-30(17(2)14-29(16)21-10-9-20(12-26)22(25)11-21)24(32)27-13-18-5-7-19(8-6-18)23(31)28(3)4/h5-11,16-17H,13-15H2,1-4H3,(H,27,32)/t16-,17+/m0/s1. The van der Waals surface area contributed by atoms with Crippen molar-refractivity contribution in [2.75, 3.05) is 32.1 Å². The third kappa shape index (κ3) is 5.14. The molecule has 3 amide bonds. The fourth-order valence-corrected chi connectivity index (χ4v) is 4.06. The zero-order chi connectivity index (χ0) is 23.4. The second-order valence-corrected chi connectivity index (χ2v) is 8.74. The van der Waals surface area contributed by atoms with E-state index in [1.807, 2.05) is 36.1 Å². The van der Waals surface area contributed by atoms with Gasteiger partial charge < -0.3 is 20.0 Å². The largest absolute Gasteiger partial charge is 0.365 e. The van der Waals surface area contributed by atoms with Gasteiger partial charge in [0.25, 0.3) is 5.91 Å². The molecule has 8 heteroatoms. The monoisotopic (exact) mass is 453 g/mol. The van der Waals surface area contributed by atoms with Crippen molar-refractivity contribution in [2.45, 2.75) is 32.5 Å². The number of nitriles is 1. The van der Waals surface area contributed by atoms with Gasteiger partial charge in [-0.2, -0.15) is 5.26 Å². The lowest BCUT2D eigenvalue weighted by Crippen LogP contribution is -2.60. The van der Waals surface area contributed by atoms with Crippen molar-refractivity contribution < 1.29 is 9.59 Å². The summed E-state index contributed by atoms with van der Waals surface area (Å²) in [6.45, 7) is 5.71. The van der Waals surface area contributed by atoms with E-state index in [1.54, 1.807) is 32.3 Å². The average molecular weight is 454 g/mol. The van der Waals surface area contributed by atoms with E-state index < -0.39 is 0 Å². The molecule has 0 aromatic heterocycles. The zero-order valence-electron chi connectivity index (χ0n) is 18.8. The summed E-state index contributed by atoms with van der Waals surface area (Å²) in [4.78, 5) is 30.4. The number of nitrogens with zero attached hydrogens (tertiary/aromatic N) is 4. The maximum Gasteiger partial charge on any atom is 0.318 e. The lowest BCUT2D eigenvalue weighted by atomic mass is 10.1. The van der Waals surface area contributed by atoms with E-state index in [9.17, 15) is 9.59 Å². The highest BCUT2D eigenvalue weighted by molar-refractivity contribution is 6.32. The Morgan fingerprint density at radius 1 is 1.12 bits per heavy atom. The molecule has 2 aromatic carbocycles. The minimum absolute atomic E-state index is 0.000655. The molecule has 1 aliphatic rings. The van der Waals surface area contributed by atoms with Gasteiger partial charge in [-0.25, -0.2) is 4.79 Å². The van der Waals surface area contributed by atoms with Gasteiger partial charge in [-0.1, -0.05) is 23.7 Å². The Kier molecular flexibility index (Phi) is 7.26. The first-order chi connectivity index (χ1) is 15.2. The third-order valence-corrected chi connectivity index (χ3v) is 6.02. The van der Waals surface area contributed by atoms with Crippen molar-refractivity contribution in [3.63, 3.8) is 0 Å². The van der Waals surface area contributed by atoms with E-state index in [2.05, 4.69) is 23.2 Å². The van der Waals surface area contributed by atoms with E-state index >= 15 is 0 Å². The highest BCUT2D eigenvalue weighted by Gasteiger charge is 2.32. The summed E-state index contributed by atoms with van der Waals surface area (Å²) in [5.74, 6) is -0.0511. The first-order valence-corrected chi connectivity index (χ1v) is 10.9. The van der Waals surface area contributed by atoms with E-state index in [1.165, 1.54) is 4.90 Å². The molecule has 1 saturated heterocycles. The molecule has 3 rings (SSSR count). The number of rotatable bonds is 4. The lowest BCUT2D eigenvalue weighted by molar-refractivity contribution is 0.0827. The molecule has 0 bridgehead atoms. The summed E-state index contributed by atoms with van der Waals surface area (Å²) >= 11 is 6.21. The number of halogens is 1. The zero-order valence-corrected chi connectivity index (χ0v) is 19.6. The number of piperazine rings is 1. The van der Waals surface area contributed by atoms with Gasteiger partial charge in [-0.3, -0.25) is 4.79 Å². The normalized spacial score (nSPS) is 18.1. The van der Waals surface area contributed by atoms with Crippen molar-refractivity contribution >= 4 is 29.2 Å². The first-order valence-electron chi connectivity index (χ1n) is 10.5. The first kappa shape index (κ1) is 23.4. The van der Waals surface area contributed by atoms with E-state index in [0.29, 0.717) is 35.8 Å². The van der Waals surface area contributed by atoms with Crippen LogP contribution in [0.5, 0.6) is 0 Å². The number of benzene rings is 2. The molecule has 1 aliphatic heterocycles. The fraction of sp³-hybridized carbons (Fsp3) is 0.375. The van der Waals surface area contributed by atoms with Crippen LogP contribution in [0.3, 0.4) is 0 Å². The van der Waals surface area contributed by atoms with Crippen LogP contribution >= 0.6 is 11.6 Å². The molecule has 0 spiro atoms. The molecule has 2 atom stereocenters. The van der Waals surface area contributed by atoms with Gasteiger partial charge in [0.2, 0.25) is 0 Å². The van der Waals surface area contributed by atoms with Crippen molar-refractivity contribution in [1.82, 2.24) is 15.1 Å². The average Bonchev–Trinajstić information content (AvgIpc) is 2.78. The number of carbonyl (C=O) groups excluding carboxylic acids is 2. The van der Waals surface area contributed by atoms with Crippen LogP contribution in [0.2, 0.25) is 5.02 Å². The SMILES string of the molecule is C[C@@H]1CN(c2ccc(C#N)c(Cl)c2)[C@@H](C)CN1C(=O)NCc1ccc(C(=O)N(C)C)cc1. The molecule has 168 valence electrons. The number of hydrogen-bond acceptors (Lipinski definition) is 4. The molecular weight excluding hydrogens is 426 g/mol. The van der Waals surface area contributed by atoms with Gasteiger partial charge >= 0.3 is 6.03 Å². The number of nitrogens with one attached hydrogen (secondary N) is 1. The molecule has 2 aromatic rings. The minimum Gasteiger partial charge on any atom is -0.365 e. The molecule has 1 fully saturated rings. The van der Waals surface area contributed by atoms with Crippen LogP contribution < -0.4 is 10.2 Å². The van der Waals surface area contributed by atoms with E-state index in [-0.39, 0.29) is 24.0 Å². The summed E-state index contributed by atoms with van der Waals surface area (Å²) in [7, 11) is 3.43. The van der Waals surface area contributed by atoms with Crippen molar-refractivity contribution in [3.8, 4) is 6.07 Å². The predicted molar refractivity (Wildman–Crippen MR) is 126 cm³/mol. The molecule has 0 aliphatic carbocycles. The Labute approximate surface area is 194 Å². The quantitative estimate of drug-likeness (QED) is 0.765.